The lowest BCUT2D eigenvalue weighted by molar-refractivity contribution is -0.670. The fourth-order valence-electron chi connectivity index (χ4n) is 2.02. The first-order valence-corrected chi connectivity index (χ1v) is 8.28. The predicted molar refractivity (Wildman–Crippen MR) is 85.9 cm³/mol. The van der Waals surface area contributed by atoms with Gasteiger partial charge in [-0.3, -0.25) is 0 Å². The topological polar surface area (TPSA) is 81.3 Å². The van der Waals surface area contributed by atoms with Crippen LogP contribution >= 0.6 is 0 Å². The average Bonchev–Trinajstić information content (AvgIpc) is 2.47. The molecule has 6 heteroatoms. The second-order valence-electron chi connectivity index (χ2n) is 5.16. The first-order chi connectivity index (χ1) is 10.8. The number of fused-ring (bicyclic) bond motifs is 1. The van der Waals surface area contributed by atoms with E-state index in [4.69, 9.17) is 0 Å². The van der Waals surface area contributed by atoms with Crippen molar-refractivity contribution < 1.29 is 22.6 Å². The number of pyridine rings is 1. The second kappa shape index (κ2) is 6.76. The van der Waals surface area contributed by atoms with E-state index in [0.717, 1.165) is 16.3 Å². The lowest BCUT2D eigenvalue weighted by atomic mass is 10.1. The van der Waals surface area contributed by atoms with Crippen molar-refractivity contribution in [3.63, 3.8) is 0 Å². The first-order valence-electron chi connectivity index (χ1n) is 6.87. The summed E-state index contributed by atoms with van der Waals surface area (Å²) < 4.78 is 33.1. The van der Waals surface area contributed by atoms with E-state index in [1.54, 1.807) is 18.2 Å². The van der Waals surface area contributed by atoms with Crippen LogP contribution in [0.15, 0.2) is 65.8 Å². The van der Waals surface area contributed by atoms with Crippen LogP contribution in [0.5, 0.6) is 5.75 Å². The largest absolute Gasteiger partial charge is 0.744 e. The van der Waals surface area contributed by atoms with E-state index in [1.165, 1.54) is 12.1 Å². The third kappa shape index (κ3) is 4.51. The van der Waals surface area contributed by atoms with Gasteiger partial charge in [0.2, 0.25) is 0 Å². The highest BCUT2D eigenvalue weighted by Gasteiger charge is 2.01. The van der Waals surface area contributed by atoms with Gasteiger partial charge in [-0.05, 0) is 31.2 Å². The average molecular weight is 331 g/mol. The van der Waals surface area contributed by atoms with Crippen LogP contribution in [0.25, 0.3) is 10.8 Å². The highest BCUT2D eigenvalue weighted by Crippen LogP contribution is 2.21. The van der Waals surface area contributed by atoms with E-state index in [9.17, 15) is 18.1 Å². The molecule has 0 amide bonds. The van der Waals surface area contributed by atoms with Crippen LogP contribution in [0.2, 0.25) is 0 Å². The van der Waals surface area contributed by atoms with Crippen LogP contribution in [0, 0.1) is 6.92 Å². The Morgan fingerprint density at radius 1 is 1.04 bits per heavy atom. The van der Waals surface area contributed by atoms with Crippen LogP contribution < -0.4 is 4.57 Å². The summed E-state index contributed by atoms with van der Waals surface area (Å²) in [4.78, 5) is -0.178. The van der Waals surface area contributed by atoms with Crippen LogP contribution in [0.4, 0.5) is 0 Å². The Balaban J connectivity index is 0.000000168. The zero-order valence-corrected chi connectivity index (χ0v) is 13.6. The molecule has 3 rings (SSSR count). The molecule has 0 saturated carbocycles. The minimum absolute atomic E-state index is 0.178. The molecule has 3 aromatic rings. The molecule has 0 atom stereocenters. The van der Waals surface area contributed by atoms with E-state index < -0.39 is 10.1 Å². The Morgan fingerprint density at radius 2 is 1.70 bits per heavy atom. The number of rotatable bonds is 1. The van der Waals surface area contributed by atoms with Crippen molar-refractivity contribution >= 4 is 20.9 Å². The number of phenols is 1. The number of aromatic hydroxyl groups is 1. The maximum absolute atomic E-state index is 10.4. The number of phenolic OH excluding ortho intramolecular Hbond substituents is 1. The van der Waals surface area contributed by atoms with Gasteiger partial charge in [-0.2, -0.15) is 0 Å². The molecule has 0 aliphatic carbocycles. The summed E-state index contributed by atoms with van der Waals surface area (Å²) in [5, 5.41) is 11.4. The molecule has 0 fully saturated rings. The van der Waals surface area contributed by atoms with Crippen molar-refractivity contribution in [1.82, 2.24) is 0 Å². The summed E-state index contributed by atoms with van der Waals surface area (Å²) in [5.74, 6) is 0.341. The molecule has 0 spiro atoms. The number of nitrogens with zero attached hydrogens (tertiary/aromatic N) is 1. The molecule has 1 N–H and O–H groups in total. The molecule has 0 radical (unpaired) electrons. The maximum Gasteiger partial charge on any atom is 0.176 e. The van der Waals surface area contributed by atoms with Crippen molar-refractivity contribution in [3.8, 4) is 5.75 Å². The lowest BCUT2D eigenvalue weighted by Gasteiger charge is -2.05. The highest BCUT2D eigenvalue weighted by molar-refractivity contribution is 7.85. The Labute approximate surface area is 135 Å². The van der Waals surface area contributed by atoms with Crippen molar-refractivity contribution in [2.45, 2.75) is 11.8 Å². The zero-order chi connectivity index (χ0) is 17.0. The molecular formula is C17H17NO4S. The number of benzene rings is 2. The number of aryl methyl sites for hydroxylation is 2. The summed E-state index contributed by atoms with van der Waals surface area (Å²) in [6, 6.07) is 13.2. The van der Waals surface area contributed by atoms with Gasteiger partial charge >= 0.3 is 0 Å². The van der Waals surface area contributed by atoms with Crippen molar-refractivity contribution in [3.05, 3.63) is 66.5 Å². The number of hydrogen-bond donors (Lipinski definition) is 1. The third-order valence-corrected chi connectivity index (χ3v) is 4.10. The van der Waals surface area contributed by atoms with Crippen molar-refractivity contribution in [2.75, 3.05) is 0 Å². The summed E-state index contributed by atoms with van der Waals surface area (Å²) in [5.41, 5.74) is 0.928. The van der Waals surface area contributed by atoms with E-state index in [-0.39, 0.29) is 4.90 Å². The molecule has 120 valence electrons. The SMILES string of the molecule is C[n+]1ccc2c(O)cccc2c1.Cc1ccc(S(=O)(=O)[O-])cc1. The molecule has 5 nitrogen and oxygen atoms in total. The first kappa shape index (κ1) is 16.9. The van der Waals surface area contributed by atoms with Crippen LogP contribution in [-0.4, -0.2) is 18.1 Å². The van der Waals surface area contributed by atoms with Gasteiger partial charge in [-0.15, -0.1) is 0 Å². The van der Waals surface area contributed by atoms with Crippen LogP contribution in [0.3, 0.4) is 0 Å². The molecule has 0 bridgehead atoms. The van der Waals surface area contributed by atoms with Gasteiger partial charge in [0.15, 0.2) is 12.4 Å². The minimum Gasteiger partial charge on any atom is -0.744 e. The second-order valence-corrected chi connectivity index (χ2v) is 6.54. The Bertz CT molecular complexity index is 919. The summed E-state index contributed by atoms with van der Waals surface area (Å²) in [7, 11) is -2.31. The minimum atomic E-state index is -4.27. The maximum atomic E-state index is 10.4. The van der Waals surface area contributed by atoms with Gasteiger partial charge < -0.3 is 9.66 Å². The molecule has 0 aliphatic heterocycles. The van der Waals surface area contributed by atoms with E-state index in [2.05, 4.69) is 0 Å². The highest BCUT2D eigenvalue weighted by atomic mass is 32.2. The van der Waals surface area contributed by atoms with Crippen LogP contribution in [-0.2, 0) is 17.2 Å². The molecular weight excluding hydrogens is 314 g/mol. The Morgan fingerprint density at radius 3 is 2.30 bits per heavy atom. The van der Waals surface area contributed by atoms with Gasteiger partial charge in [-0.25, -0.2) is 13.0 Å². The Hall–Kier alpha value is -2.44. The van der Waals surface area contributed by atoms with E-state index >= 15 is 0 Å². The molecule has 1 aromatic heterocycles. The fourth-order valence-corrected chi connectivity index (χ4v) is 2.49. The molecule has 1 heterocycles. The third-order valence-electron chi connectivity index (χ3n) is 3.25. The summed E-state index contributed by atoms with van der Waals surface area (Å²) >= 11 is 0. The predicted octanol–water partition coefficient (Wildman–Crippen LogP) is 2.27. The van der Waals surface area contributed by atoms with E-state index in [0.29, 0.717) is 5.75 Å². The number of hydrogen-bond acceptors (Lipinski definition) is 4. The molecule has 23 heavy (non-hydrogen) atoms. The summed E-state index contributed by atoms with van der Waals surface area (Å²) in [6.45, 7) is 1.82. The molecule has 0 aliphatic rings. The van der Waals surface area contributed by atoms with Gasteiger partial charge in [0.25, 0.3) is 0 Å². The van der Waals surface area contributed by atoms with E-state index in [1.807, 2.05) is 49.1 Å². The molecule has 2 aromatic carbocycles. The van der Waals surface area contributed by atoms with Gasteiger partial charge in [-0.1, -0.05) is 23.8 Å². The monoisotopic (exact) mass is 331 g/mol. The van der Waals surface area contributed by atoms with Crippen molar-refractivity contribution in [2.24, 2.45) is 7.05 Å². The Kier molecular flexibility index (Phi) is 4.98. The quantitative estimate of drug-likeness (QED) is 0.548. The molecule has 0 saturated heterocycles. The zero-order valence-electron chi connectivity index (χ0n) is 12.8. The van der Waals surface area contributed by atoms with Crippen LogP contribution in [0.1, 0.15) is 5.56 Å². The fraction of sp³-hybridized carbons (Fsp3) is 0.118. The lowest BCUT2D eigenvalue weighted by Crippen LogP contribution is -2.25. The van der Waals surface area contributed by atoms with Gasteiger partial charge in [0, 0.05) is 16.8 Å². The van der Waals surface area contributed by atoms with Crippen molar-refractivity contribution in [1.29, 1.82) is 0 Å². The normalized spacial score (nSPS) is 10.9. The standard InChI is InChI=1S/C10H9NO.C7H8O3S/c1-11-6-5-9-8(7-11)3-2-4-10(9)12;1-6-2-4-7(5-3-6)11(8,9)10/h2-7H,1H3;2-5H,1H3,(H,8,9,10). The smallest absolute Gasteiger partial charge is 0.176 e. The van der Waals surface area contributed by atoms with Gasteiger partial charge in [0.05, 0.1) is 4.90 Å². The molecule has 0 unspecified atom stereocenters. The number of aromatic nitrogens is 1. The van der Waals surface area contributed by atoms with Gasteiger partial charge in [0.1, 0.15) is 22.9 Å². The summed E-state index contributed by atoms with van der Waals surface area (Å²) in [6.07, 6.45) is 3.90.